The lowest BCUT2D eigenvalue weighted by molar-refractivity contribution is -0.130. The van der Waals surface area contributed by atoms with Crippen LogP contribution in [0.4, 0.5) is 21.6 Å². The molecule has 2 N–H and O–H groups in total. The molecule has 0 aromatic carbocycles. The molecule has 1 aliphatic heterocycles. The number of hydrogen-bond acceptors (Lipinski definition) is 7. The van der Waals surface area contributed by atoms with E-state index in [-0.39, 0.29) is 17.8 Å². The number of nitrogens with zero attached hydrogens (tertiary/aromatic N) is 5. The van der Waals surface area contributed by atoms with E-state index in [0.717, 1.165) is 16.9 Å². The zero-order valence-corrected chi connectivity index (χ0v) is 18.5. The van der Waals surface area contributed by atoms with Crippen molar-refractivity contribution in [2.75, 3.05) is 22.6 Å². The largest absolute Gasteiger partial charge is 0.366 e. The third-order valence-electron chi connectivity index (χ3n) is 5.06. The van der Waals surface area contributed by atoms with Crippen LogP contribution in [-0.2, 0) is 22.6 Å². The SMILES string of the molecule is Cc1nc(NCc2cnn(Cc3ccc(F)cn3)c2)cc2c1NC(=O)C(OC(C)C)N2C. The molecule has 0 saturated carbocycles. The van der Waals surface area contributed by atoms with Crippen molar-refractivity contribution in [3.05, 3.63) is 59.6 Å². The molecule has 4 heterocycles. The van der Waals surface area contributed by atoms with Crippen molar-refractivity contribution in [2.24, 2.45) is 0 Å². The molecule has 3 aromatic rings. The molecule has 3 aromatic heterocycles. The van der Waals surface area contributed by atoms with E-state index in [9.17, 15) is 9.18 Å². The van der Waals surface area contributed by atoms with Crippen LogP contribution in [0.15, 0.2) is 36.8 Å². The average Bonchev–Trinajstić information content (AvgIpc) is 3.19. The highest BCUT2D eigenvalue weighted by molar-refractivity contribution is 6.03. The van der Waals surface area contributed by atoms with Crippen LogP contribution in [0.25, 0.3) is 0 Å². The van der Waals surface area contributed by atoms with E-state index in [2.05, 4.69) is 25.7 Å². The van der Waals surface area contributed by atoms with E-state index >= 15 is 0 Å². The molecule has 0 radical (unpaired) electrons. The predicted octanol–water partition coefficient (Wildman–Crippen LogP) is 2.92. The summed E-state index contributed by atoms with van der Waals surface area (Å²) in [6.07, 6.45) is 4.08. The number of ether oxygens (including phenoxy) is 1. The summed E-state index contributed by atoms with van der Waals surface area (Å²) in [6.45, 7) is 6.62. The van der Waals surface area contributed by atoms with Gasteiger partial charge in [0.05, 0.1) is 47.8 Å². The van der Waals surface area contributed by atoms with E-state index < -0.39 is 6.23 Å². The Morgan fingerprint density at radius 3 is 2.84 bits per heavy atom. The maximum Gasteiger partial charge on any atom is 0.274 e. The normalized spacial score (nSPS) is 15.6. The van der Waals surface area contributed by atoms with Crippen molar-refractivity contribution in [3.63, 3.8) is 0 Å². The Kier molecular flexibility index (Phi) is 6.04. The lowest BCUT2D eigenvalue weighted by atomic mass is 10.1. The first-order chi connectivity index (χ1) is 15.3. The first-order valence-electron chi connectivity index (χ1n) is 10.4. The lowest BCUT2D eigenvalue weighted by Crippen LogP contribution is -2.49. The summed E-state index contributed by atoms with van der Waals surface area (Å²) in [5.41, 5.74) is 3.93. The smallest absolute Gasteiger partial charge is 0.274 e. The fourth-order valence-corrected chi connectivity index (χ4v) is 3.52. The summed E-state index contributed by atoms with van der Waals surface area (Å²) < 4.78 is 20.5. The number of likely N-dealkylation sites (N-methyl/N-ethyl adjacent to an activating group) is 1. The van der Waals surface area contributed by atoms with Gasteiger partial charge in [0.1, 0.15) is 11.6 Å². The number of aryl methyl sites for hydroxylation is 1. The highest BCUT2D eigenvalue weighted by Crippen LogP contribution is 2.35. The van der Waals surface area contributed by atoms with E-state index in [1.54, 1.807) is 16.9 Å². The molecule has 1 amide bonds. The van der Waals surface area contributed by atoms with Crippen LogP contribution < -0.4 is 15.5 Å². The highest BCUT2D eigenvalue weighted by Gasteiger charge is 2.33. The standard InChI is InChI=1S/C22H26FN7O2/c1-13(2)32-22-21(31)28-20-14(3)27-19(7-18(20)29(22)4)25-8-15-9-26-30(11-15)12-17-6-5-16(23)10-24-17/h5-7,9-11,13,22H,8,12H2,1-4H3,(H,25,27)(H,28,31). The van der Waals surface area contributed by atoms with E-state index in [1.165, 1.54) is 12.3 Å². The second-order valence-corrected chi connectivity index (χ2v) is 7.99. The Morgan fingerprint density at radius 2 is 2.12 bits per heavy atom. The van der Waals surface area contributed by atoms with Crippen molar-refractivity contribution in [3.8, 4) is 0 Å². The minimum absolute atomic E-state index is 0.0862. The molecular weight excluding hydrogens is 413 g/mol. The van der Waals surface area contributed by atoms with Gasteiger partial charge in [-0.25, -0.2) is 9.37 Å². The van der Waals surface area contributed by atoms with Crippen molar-refractivity contribution in [1.82, 2.24) is 19.7 Å². The van der Waals surface area contributed by atoms with Gasteiger partial charge >= 0.3 is 0 Å². The molecule has 10 heteroatoms. The summed E-state index contributed by atoms with van der Waals surface area (Å²) in [7, 11) is 1.83. The second kappa shape index (κ2) is 8.91. The maximum atomic E-state index is 13.0. The number of pyridine rings is 2. The Labute approximate surface area is 185 Å². The monoisotopic (exact) mass is 439 g/mol. The zero-order chi connectivity index (χ0) is 22.8. The summed E-state index contributed by atoms with van der Waals surface area (Å²) >= 11 is 0. The summed E-state index contributed by atoms with van der Waals surface area (Å²) in [5, 5.41) is 10.6. The Bertz CT molecular complexity index is 1110. The third-order valence-corrected chi connectivity index (χ3v) is 5.06. The molecule has 0 aliphatic carbocycles. The molecule has 1 unspecified atom stereocenters. The minimum atomic E-state index is -0.699. The molecule has 0 fully saturated rings. The molecule has 1 aliphatic rings. The number of aromatic nitrogens is 4. The summed E-state index contributed by atoms with van der Waals surface area (Å²) in [4.78, 5) is 22.9. The average molecular weight is 439 g/mol. The first kappa shape index (κ1) is 21.7. The van der Waals surface area contributed by atoms with E-state index in [1.807, 2.05) is 45.0 Å². The fraction of sp³-hybridized carbons (Fsp3) is 0.364. The third kappa shape index (κ3) is 4.70. The molecule has 0 saturated heterocycles. The Morgan fingerprint density at radius 1 is 1.31 bits per heavy atom. The van der Waals surface area contributed by atoms with Gasteiger partial charge in [0, 0.05) is 31.4 Å². The second-order valence-electron chi connectivity index (χ2n) is 7.99. The fourth-order valence-electron chi connectivity index (χ4n) is 3.52. The van der Waals surface area contributed by atoms with Crippen LogP contribution in [0.5, 0.6) is 0 Å². The number of carbonyl (C=O) groups excluding carboxylic acids is 1. The van der Waals surface area contributed by atoms with Crippen molar-refractivity contribution < 1.29 is 13.9 Å². The number of anilines is 3. The topological polar surface area (TPSA) is 97.2 Å². The number of halogens is 1. The molecule has 4 rings (SSSR count). The van der Waals surface area contributed by atoms with Gasteiger partial charge in [-0.05, 0) is 32.9 Å². The van der Waals surface area contributed by atoms with Gasteiger partial charge in [-0.3, -0.25) is 14.5 Å². The molecule has 9 nitrogen and oxygen atoms in total. The number of carbonyl (C=O) groups is 1. The minimum Gasteiger partial charge on any atom is -0.366 e. The van der Waals surface area contributed by atoms with Crippen LogP contribution in [0.3, 0.4) is 0 Å². The van der Waals surface area contributed by atoms with Gasteiger partial charge in [-0.1, -0.05) is 0 Å². The van der Waals surface area contributed by atoms with Gasteiger partial charge in [-0.2, -0.15) is 5.10 Å². The van der Waals surface area contributed by atoms with Crippen molar-refractivity contribution in [2.45, 2.75) is 46.2 Å². The van der Waals surface area contributed by atoms with E-state index in [0.29, 0.717) is 30.3 Å². The van der Waals surface area contributed by atoms with E-state index in [4.69, 9.17) is 4.74 Å². The van der Waals surface area contributed by atoms with Crippen molar-refractivity contribution in [1.29, 1.82) is 0 Å². The van der Waals surface area contributed by atoms with Crippen LogP contribution in [0.2, 0.25) is 0 Å². The van der Waals surface area contributed by atoms with Gasteiger partial charge in [0.2, 0.25) is 6.23 Å². The van der Waals surface area contributed by atoms with Gasteiger partial charge in [0.25, 0.3) is 5.91 Å². The molecular formula is C22H26FN7O2. The number of nitrogens with one attached hydrogen (secondary N) is 2. The molecule has 32 heavy (non-hydrogen) atoms. The molecule has 0 spiro atoms. The summed E-state index contributed by atoms with van der Waals surface area (Å²) in [6, 6.07) is 4.92. The first-order valence-corrected chi connectivity index (χ1v) is 10.4. The van der Waals surface area contributed by atoms with Gasteiger partial charge < -0.3 is 20.3 Å². The molecule has 168 valence electrons. The Balaban J connectivity index is 1.45. The number of amides is 1. The quantitative estimate of drug-likeness (QED) is 0.584. The summed E-state index contributed by atoms with van der Waals surface area (Å²) in [5.74, 6) is 0.113. The van der Waals surface area contributed by atoms with Crippen LogP contribution >= 0.6 is 0 Å². The zero-order valence-electron chi connectivity index (χ0n) is 18.5. The van der Waals surface area contributed by atoms with Gasteiger partial charge in [0.15, 0.2) is 0 Å². The van der Waals surface area contributed by atoms with Crippen LogP contribution in [0.1, 0.15) is 30.8 Å². The van der Waals surface area contributed by atoms with Crippen molar-refractivity contribution >= 4 is 23.1 Å². The van der Waals surface area contributed by atoms with Crippen LogP contribution in [0, 0.1) is 12.7 Å². The Hall–Kier alpha value is -3.53. The number of fused-ring (bicyclic) bond motifs is 1. The van der Waals surface area contributed by atoms with Gasteiger partial charge in [-0.15, -0.1) is 0 Å². The molecule has 0 bridgehead atoms. The number of hydrogen-bond donors (Lipinski definition) is 2. The molecule has 1 atom stereocenters. The lowest BCUT2D eigenvalue weighted by Gasteiger charge is -2.36. The maximum absolute atomic E-state index is 13.0. The predicted molar refractivity (Wildman–Crippen MR) is 119 cm³/mol. The number of rotatable bonds is 7. The van der Waals surface area contributed by atoms with Crippen LogP contribution in [-0.4, -0.2) is 45.0 Å². The highest BCUT2D eigenvalue weighted by atomic mass is 19.1.